The van der Waals surface area contributed by atoms with Crippen LogP contribution in [0.1, 0.15) is 43.0 Å². The van der Waals surface area contributed by atoms with Crippen LogP contribution in [0.2, 0.25) is 0 Å². The first kappa shape index (κ1) is 20.9. The molecule has 0 aliphatic heterocycles. The molecule has 0 fully saturated rings. The minimum atomic E-state index is -0.145. The maximum atomic E-state index is 13.4. The van der Waals surface area contributed by atoms with Crippen LogP contribution in [0.25, 0.3) is 22.3 Å². The lowest BCUT2D eigenvalue weighted by Gasteiger charge is -2.19. The Hall–Kier alpha value is -3.33. The molecule has 0 spiro atoms. The SMILES string of the molecule is Cc1ccc2oc(-c3ccc(C(C)(C)C)cc3)c(OCc3ccccc3C)c(=O)c2c1. The Bertz CT molecular complexity index is 1290. The zero-order chi connectivity index (χ0) is 22.2. The van der Waals surface area contributed by atoms with Crippen LogP contribution < -0.4 is 10.2 Å². The molecule has 0 aliphatic rings. The highest BCUT2D eigenvalue weighted by Gasteiger charge is 2.20. The molecule has 0 amide bonds. The predicted octanol–water partition coefficient (Wildman–Crippen LogP) is 6.95. The Morgan fingerprint density at radius 3 is 2.29 bits per heavy atom. The van der Waals surface area contributed by atoms with Crippen LogP contribution in [0.5, 0.6) is 5.75 Å². The van der Waals surface area contributed by atoms with E-state index in [1.165, 1.54) is 5.56 Å². The fraction of sp³-hybridized carbons (Fsp3) is 0.250. The minimum Gasteiger partial charge on any atom is -0.481 e. The van der Waals surface area contributed by atoms with Gasteiger partial charge in [0.05, 0.1) is 5.39 Å². The van der Waals surface area contributed by atoms with Crippen LogP contribution in [0.4, 0.5) is 0 Å². The first-order valence-corrected chi connectivity index (χ1v) is 10.6. The average molecular weight is 413 g/mol. The van der Waals surface area contributed by atoms with Crippen molar-refractivity contribution in [3.63, 3.8) is 0 Å². The van der Waals surface area contributed by atoms with Crippen molar-refractivity contribution in [1.29, 1.82) is 0 Å². The molecule has 158 valence electrons. The molecule has 3 aromatic carbocycles. The number of rotatable bonds is 4. The van der Waals surface area contributed by atoms with Gasteiger partial charge in [0.25, 0.3) is 0 Å². The van der Waals surface area contributed by atoms with Gasteiger partial charge in [0.1, 0.15) is 12.2 Å². The predicted molar refractivity (Wildman–Crippen MR) is 127 cm³/mol. The summed E-state index contributed by atoms with van der Waals surface area (Å²) >= 11 is 0. The highest BCUT2D eigenvalue weighted by Crippen LogP contribution is 2.33. The van der Waals surface area contributed by atoms with Gasteiger partial charge in [0, 0.05) is 5.56 Å². The lowest BCUT2D eigenvalue weighted by atomic mass is 9.86. The molecule has 1 heterocycles. The summed E-state index contributed by atoms with van der Waals surface area (Å²) < 4.78 is 12.4. The maximum Gasteiger partial charge on any atom is 0.235 e. The van der Waals surface area contributed by atoms with Crippen LogP contribution in [-0.4, -0.2) is 0 Å². The Kier molecular flexibility index (Phi) is 5.45. The summed E-state index contributed by atoms with van der Waals surface area (Å²) in [6.45, 7) is 10.8. The standard InChI is InChI=1S/C28H28O3/c1-18-10-15-24-23(16-18)25(29)27(30-17-21-9-7-6-8-19(21)2)26(31-24)20-11-13-22(14-12-20)28(3,4)5/h6-16H,17H2,1-5H3. The van der Waals surface area contributed by atoms with Crippen molar-refractivity contribution in [3.05, 3.63) is 99.2 Å². The van der Waals surface area contributed by atoms with Crippen molar-refractivity contribution in [2.75, 3.05) is 0 Å². The Balaban J connectivity index is 1.84. The van der Waals surface area contributed by atoms with Gasteiger partial charge in [-0.3, -0.25) is 4.79 Å². The molecule has 4 rings (SSSR count). The smallest absolute Gasteiger partial charge is 0.235 e. The molecule has 0 radical (unpaired) electrons. The van der Waals surface area contributed by atoms with Crippen LogP contribution in [-0.2, 0) is 12.0 Å². The number of benzene rings is 3. The summed E-state index contributed by atoms with van der Waals surface area (Å²) in [6, 6.07) is 21.8. The number of fused-ring (bicyclic) bond motifs is 1. The van der Waals surface area contributed by atoms with E-state index in [9.17, 15) is 4.79 Å². The highest BCUT2D eigenvalue weighted by molar-refractivity contribution is 5.82. The van der Waals surface area contributed by atoms with E-state index < -0.39 is 0 Å². The van der Waals surface area contributed by atoms with Crippen molar-refractivity contribution < 1.29 is 9.15 Å². The summed E-state index contributed by atoms with van der Waals surface area (Å²) in [7, 11) is 0. The lowest BCUT2D eigenvalue weighted by Crippen LogP contribution is -2.12. The number of aryl methyl sites for hydroxylation is 2. The summed E-state index contributed by atoms with van der Waals surface area (Å²) in [5.74, 6) is 0.722. The van der Waals surface area contributed by atoms with E-state index in [0.717, 1.165) is 22.3 Å². The van der Waals surface area contributed by atoms with Gasteiger partial charge < -0.3 is 9.15 Å². The summed E-state index contributed by atoms with van der Waals surface area (Å²) in [4.78, 5) is 13.4. The Morgan fingerprint density at radius 2 is 1.61 bits per heavy atom. The number of hydrogen-bond acceptors (Lipinski definition) is 3. The van der Waals surface area contributed by atoms with Crippen molar-refractivity contribution in [2.24, 2.45) is 0 Å². The van der Waals surface area contributed by atoms with E-state index >= 15 is 0 Å². The van der Waals surface area contributed by atoms with Crippen molar-refractivity contribution in [2.45, 2.75) is 46.6 Å². The molecule has 0 unspecified atom stereocenters. The van der Waals surface area contributed by atoms with E-state index in [4.69, 9.17) is 9.15 Å². The van der Waals surface area contributed by atoms with Gasteiger partial charge in [-0.1, -0.05) is 80.9 Å². The molecule has 0 aliphatic carbocycles. The molecule has 0 saturated heterocycles. The maximum absolute atomic E-state index is 13.4. The third-order valence-corrected chi connectivity index (χ3v) is 5.65. The Labute approximate surface area is 183 Å². The molecule has 0 saturated carbocycles. The van der Waals surface area contributed by atoms with E-state index in [1.54, 1.807) is 0 Å². The first-order valence-electron chi connectivity index (χ1n) is 10.6. The molecule has 0 atom stereocenters. The molecule has 0 N–H and O–H groups in total. The average Bonchev–Trinajstić information content (AvgIpc) is 2.74. The van der Waals surface area contributed by atoms with Gasteiger partial charge in [0.2, 0.25) is 11.2 Å². The topological polar surface area (TPSA) is 39.4 Å². The van der Waals surface area contributed by atoms with Crippen LogP contribution in [0.15, 0.2) is 75.9 Å². The third-order valence-electron chi connectivity index (χ3n) is 5.65. The molecular weight excluding hydrogens is 384 g/mol. The molecule has 3 heteroatoms. The number of hydrogen-bond donors (Lipinski definition) is 0. The van der Waals surface area contributed by atoms with Crippen molar-refractivity contribution in [1.82, 2.24) is 0 Å². The summed E-state index contributed by atoms with van der Waals surface area (Å²) in [6.07, 6.45) is 0. The largest absolute Gasteiger partial charge is 0.481 e. The normalized spacial score (nSPS) is 11.6. The minimum absolute atomic E-state index is 0.0461. The van der Waals surface area contributed by atoms with Gasteiger partial charge in [-0.15, -0.1) is 0 Å². The van der Waals surface area contributed by atoms with E-state index in [0.29, 0.717) is 23.3 Å². The second-order valence-electron chi connectivity index (χ2n) is 9.13. The zero-order valence-electron chi connectivity index (χ0n) is 18.8. The molecule has 1 aromatic heterocycles. The van der Waals surface area contributed by atoms with Crippen LogP contribution in [0.3, 0.4) is 0 Å². The molecular formula is C28H28O3. The number of ether oxygens (including phenoxy) is 1. The van der Waals surface area contributed by atoms with Gasteiger partial charge in [-0.2, -0.15) is 0 Å². The Morgan fingerprint density at radius 1 is 0.903 bits per heavy atom. The van der Waals surface area contributed by atoms with Gasteiger partial charge in [0.15, 0.2) is 5.76 Å². The highest BCUT2D eigenvalue weighted by atomic mass is 16.5. The second kappa shape index (κ2) is 8.07. The molecule has 0 bridgehead atoms. The fourth-order valence-corrected chi connectivity index (χ4v) is 3.66. The molecule has 31 heavy (non-hydrogen) atoms. The zero-order valence-corrected chi connectivity index (χ0v) is 18.8. The summed E-state index contributed by atoms with van der Waals surface area (Å²) in [5.41, 5.74) is 5.68. The van der Waals surface area contributed by atoms with Gasteiger partial charge in [-0.25, -0.2) is 0 Å². The van der Waals surface area contributed by atoms with E-state index in [1.807, 2.05) is 68.4 Å². The lowest BCUT2D eigenvalue weighted by molar-refractivity contribution is 0.297. The fourth-order valence-electron chi connectivity index (χ4n) is 3.66. The quantitative estimate of drug-likeness (QED) is 0.364. The molecule has 3 nitrogen and oxygen atoms in total. The van der Waals surface area contributed by atoms with Crippen LogP contribution in [0, 0.1) is 13.8 Å². The van der Waals surface area contributed by atoms with Gasteiger partial charge >= 0.3 is 0 Å². The van der Waals surface area contributed by atoms with Gasteiger partial charge in [-0.05, 0) is 48.1 Å². The third kappa shape index (κ3) is 4.27. The monoisotopic (exact) mass is 412 g/mol. The first-order chi connectivity index (χ1) is 14.7. The second-order valence-corrected chi connectivity index (χ2v) is 9.13. The van der Waals surface area contributed by atoms with E-state index in [2.05, 4.69) is 32.9 Å². The van der Waals surface area contributed by atoms with E-state index in [-0.39, 0.29) is 16.6 Å². The van der Waals surface area contributed by atoms with Crippen LogP contribution >= 0.6 is 0 Å². The van der Waals surface area contributed by atoms with Crippen molar-refractivity contribution in [3.8, 4) is 17.1 Å². The van der Waals surface area contributed by atoms with Crippen molar-refractivity contribution >= 4 is 11.0 Å². The summed E-state index contributed by atoms with van der Waals surface area (Å²) in [5, 5.41) is 0.537. The molecule has 4 aromatic rings.